The number of benzene rings is 1. The number of likely N-dealkylation sites (N-methyl/N-ethyl adjacent to an activating group) is 1. The number of halogens is 1. The lowest BCUT2D eigenvalue weighted by Gasteiger charge is -2.22. The van der Waals surface area contributed by atoms with Gasteiger partial charge in [-0.05, 0) is 55.6 Å². The molecule has 0 aliphatic heterocycles. The molecule has 2 rings (SSSR count). The first-order valence-corrected chi connectivity index (χ1v) is 6.18. The van der Waals surface area contributed by atoms with E-state index in [1.807, 2.05) is 7.05 Å². The summed E-state index contributed by atoms with van der Waals surface area (Å²) in [5.74, 6) is 0. The average Bonchev–Trinajstić information content (AvgIpc) is 2.27. The molecule has 1 unspecified atom stereocenters. The summed E-state index contributed by atoms with van der Waals surface area (Å²) in [6.07, 6.45) is 4.69. The summed E-state index contributed by atoms with van der Waals surface area (Å²) in [5.41, 5.74) is 4.30. The molecule has 80 valence electrons. The number of hydrogen-bond donors (Lipinski definition) is 1. The molecule has 1 nitrogen and oxygen atoms in total. The Morgan fingerprint density at radius 2 is 2.20 bits per heavy atom. The maximum absolute atomic E-state index is 3.54. The van der Waals surface area contributed by atoms with E-state index in [0.717, 1.165) is 10.9 Å². The first-order chi connectivity index (χ1) is 7.22. The molecule has 0 heterocycles. The van der Waals surface area contributed by atoms with Gasteiger partial charge < -0.3 is 5.32 Å². The molecule has 1 aromatic rings. The highest BCUT2D eigenvalue weighted by Gasteiger charge is 2.16. The van der Waals surface area contributed by atoms with Crippen LogP contribution in [0.2, 0.25) is 0 Å². The standard InChI is InChI=1S/C13H16BrN/c1-9(15-2)12-5-3-4-10-6-7-11(14)8-13(10)12/h5-9,15H,3-4H2,1-2H3. The van der Waals surface area contributed by atoms with E-state index in [2.05, 4.69) is 52.4 Å². The fraction of sp³-hybridized carbons (Fsp3) is 0.385. The van der Waals surface area contributed by atoms with Crippen molar-refractivity contribution in [2.24, 2.45) is 0 Å². The molecule has 0 amide bonds. The summed E-state index contributed by atoms with van der Waals surface area (Å²) >= 11 is 3.54. The molecule has 0 fully saturated rings. The Bertz CT molecular complexity index is 396. The molecule has 1 aliphatic rings. The highest BCUT2D eigenvalue weighted by Crippen LogP contribution is 2.30. The van der Waals surface area contributed by atoms with E-state index in [1.165, 1.54) is 23.1 Å². The Balaban J connectivity index is 2.44. The monoisotopic (exact) mass is 265 g/mol. The Hall–Kier alpha value is -0.600. The number of aryl methyl sites for hydroxylation is 1. The first-order valence-electron chi connectivity index (χ1n) is 5.38. The maximum atomic E-state index is 3.54. The second-order valence-electron chi connectivity index (χ2n) is 4.01. The van der Waals surface area contributed by atoms with E-state index in [9.17, 15) is 0 Å². The van der Waals surface area contributed by atoms with Crippen LogP contribution in [0, 0.1) is 0 Å². The van der Waals surface area contributed by atoms with Gasteiger partial charge in [0, 0.05) is 10.5 Å². The van der Waals surface area contributed by atoms with E-state index < -0.39 is 0 Å². The second-order valence-corrected chi connectivity index (χ2v) is 4.93. The zero-order chi connectivity index (χ0) is 10.8. The predicted octanol–water partition coefficient (Wildman–Crippen LogP) is 3.39. The molecular weight excluding hydrogens is 250 g/mol. The first kappa shape index (κ1) is 10.9. The summed E-state index contributed by atoms with van der Waals surface area (Å²) in [7, 11) is 2.01. The third-order valence-electron chi connectivity index (χ3n) is 3.06. The normalized spacial score (nSPS) is 16.9. The third kappa shape index (κ3) is 2.16. The van der Waals surface area contributed by atoms with Gasteiger partial charge in [-0.15, -0.1) is 0 Å². The van der Waals surface area contributed by atoms with Gasteiger partial charge in [0.05, 0.1) is 0 Å². The van der Waals surface area contributed by atoms with E-state index in [0.29, 0.717) is 6.04 Å². The molecule has 0 radical (unpaired) electrons. The van der Waals surface area contributed by atoms with Gasteiger partial charge in [0.1, 0.15) is 0 Å². The van der Waals surface area contributed by atoms with Crippen LogP contribution in [-0.2, 0) is 6.42 Å². The predicted molar refractivity (Wildman–Crippen MR) is 69.0 cm³/mol. The summed E-state index contributed by atoms with van der Waals surface area (Å²) in [4.78, 5) is 0. The fourth-order valence-electron chi connectivity index (χ4n) is 2.09. The van der Waals surface area contributed by atoms with Crippen LogP contribution in [0.3, 0.4) is 0 Å². The lowest BCUT2D eigenvalue weighted by molar-refractivity contribution is 0.736. The molecule has 0 aromatic heterocycles. The van der Waals surface area contributed by atoms with Crippen molar-refractivity contribution in [3.05, 3.63) is 39.9 Å². The van der Waals surface area contributed by atoms with E-state index >= 15 is 0 Å². The molecule has 0 spiro atoms. The van der Waals surface area contributed by atoms with Crippen LogP contribution < -0.4 is 5.32 Å². The van der Waals surface area contributed by atoms with Gasteiger partial charge in [-0.25, -0.2) is 0 Å². The minimum absolute atomic E-state index is 0.429. The van der Waals surface area contributed by atoms with Gasteiger partial charge in [-0.2, -0.15) is 0 Å². The molecule has 15 heavy (non-hydrogen) atoms. The maximum Gasteiger partial charge on any atom is 0.0291 e. The SMILES string of the molecule is CNC(C)C1=CCCc2ccc(Br)cc21. The van der Waals surface area contributed by atoms with Crippen LogP contribution in [0.5, 0.6) is 0 Å². The van der Waals surface area contributed by atoms with Gasteiger partial charge in [-0.3, -0.25) is 0 Å². The van der Waals surface area contributed by atoms with Crippen molar-refractivity contribution >= 4 is 21.5 Å². The Morgan fingerprint density at radius 3 is 2.93 bits per heavy atom. The molecule has 1 aromatic carbocycles. The smallest absolute Gasteiger partial charge is 0.0291 e. The molecule has 1 aliphatic carbocycles. The lowest BCUT2D eigenvalue weighted by Crippen LogP contribution is -2.24. The molecule has 0 bridgehead atoms. The van der Waals surface area contributed by atoms with Crippen molar-refractivity contribution < 1.29 is 0 Å². The molecule has 1 N–H and O–H groups in total. The van der Waals surface area contributed by atoms with Crippen LogP contribution >= 0.6 is 15.9 Å². The topological polar surface area (TPSA) is 12.0 Å². The summed E-state index contributed by atoms with van der Waals surface area (Å²) in [6, 6.07) is 7.02. The van der Waals surface area contributed by atoms with Crippen LogP contribution in [0.1, 0.15) is 24.5 Å². The van der Waals surface area contributed by atoms with Crippen molar-refractivity contribution in [2.75, 3.05) is 7.05 Å². The number of rotatable bonds is 2. The van der Waals surface area contributed by atoms with Crippen LogP contribution in [-0.4, -0.2) is 13.1 Å². The quantitative estimate of drug-likeness (QED) is 0.865. The minimum atomic E-state index is 0.429. The van der Waals surface area contributed by atoms with Gasteiger partial charge in [0.25, 0.3) is 0 Å². The summed E-state index contributed by atoms with van der Waals surface area (Å²) in [5, 5.41) is 3.31. The van der Waals surface area contributed by atoms with E-state index in [-0.39, 0.29) is 0 Å². The highest BCUT2D eigenvalue weighted by molar-refractivity contribution is 9.10. The fourth-order valence-corrected chi connectivity index (χ4v) is 2.46. The van der Waals surface area contributed by atoms with Crippen LogP contribution in [0.15, 0.2) is 28.7 Å². The van der Waals surface area contributed by atoms with E-state index in [1.54, 1.807) is 0 Å². The Morgan fingerprint density at radius 1 is 1.40 bits per heavy atom. The van der Waals surface area contributed by atoms with Gasteiger partial charge >= 0.3 is 0 Å². The highest BCUT2D eigenvalue weighted by atomic mass is 79.9. The van der Waals surface area contributed by atoms with Crippen molar-refractivity contribution in [1.82, 2.24) is 5.32 Å². The second kappa shape index (κ2) is 4.50. The van der Waals surface area contributed by atoms with Crippen LogP contribution in [0.4, 0.5) is 0 Å². The molecule has 1 atom stereocenters. The van der Waals surface area contributed by atoms with Crippen molar-refractivity contribution in [2.45, 2.75) is 25.8 Å². The van der Waals surface area contributed by atoms with Gasteiger partial charge in [-0.1, -0.05) is 28.1 Å². The molecular formula is C13H16BrN. The zero-order valence-corrected chi connectivity index (χ0v) is 10.8. The van der Waals surface area contributed by atoms with Gasteiger partial charge in [0.15, 0.2) is 0 Å². The molecule has 0 saturated heterocycles. The third-order valence-corrected chi connectivity index (χ3v) is 3.55. The number of allylic oxidation sites excluding steroid dienone is 1. The van der Waals surface area contributed by atoms with Crippen molar-refractivity contribution in [1.29, 1.82) is 0 Å². The van der Waals surface area contributed by atoms with Crippen LogP contribution in [0.25, 0.3) is 5.57 Å². The molecule has 2 heteroatoms. The lowest BCUT2D eigenvalue weighted by atomic mass is 9.87. The summed E-state index contributed by atoms with van der Waals surface area (Å²) in [6.45, 7) is 2.21. The largest absolute Gasteiger partial charge is 0.313 e. The zero-order valence-electron chi connectivity index (χ0n) is 9.18. The number of hydrogen-bond acceptors (Lipinski definition) is 1. The molecule has 0 saturated carbocycles. The van der Waals surface area contributed by atoms with E-state index in [4.69, 9.17) is 0 Å². The Labute approximate surface area is 99.7 Å². The van der Waals surface area contributed by atoms with Crippen molar-refractivity contribution in [3.8, 4) is 0 Å². The Kier molecular flexibility index (Phi) is 3.27. The number of fused-ring (bicyclic) bond motifs is 1. The van der Waals surface area contributed by atoms with Gasteiger partial charge in [0.2, 0.25) is 0 Å². The minimum Gasteiger partial charge on any atom is -0.313 e. The summed E-state index contributed by atoms with van der Waals surface area (Å²) < 4.78 is 1.16. The average molecular weight is 266 g/mol. The van der Waals surface area contributed by atoms with Crippen molar-refractivity contribution in [3.63, 3.8) is 0 Å². The number of nitrogens with one attached hydrogen (secondary N) is 1.